The van der Waals surface area contributed by atoms with Gasteiger partial charge in [0.25, 0.3) is 0 Å². The molecule has 2 heterocycles. The Kier molecular flexibility index (Phi) is 6.16. The summed E-state index contributed by atoms with van der Waals surface area (Å²) in [6.07, 6.45) is 3.81. The molecule has 4 rings (SSSR count). The molecule has 2 aromatic carbocycles. The lowest BCUT2D eigenvalue weighted by molar-refractivity contribution is -0.121. The summed E-state index contributed by atoms with van der Waals surface area (Å²) in [4.78, 5) is 16.7. The van der Waals surface area contributed by atoms with E-state index in [1.807, 2.05) is 49.7 Å². The number of benzene rings is 2. The summed E-state index contributed by atoms with van der Waals surface area (Å²) in [5.74, 6) is 0.259. The highest BCUT2D eigenvalue weighted by molar-refractivity contribution is 5.76. The maximum absolute atomic E-state index is 13.9. The molecule has 0 saturated carbocycles. The van der Waals surface area contributed by atoms with E-state index < -0.39 is 0 Å². The second kappa shape index (κ2) is 9.18. The van der Waals surface area contributed by atoms with E-state index >= 15 is 0 Å². The van der Waals surface area contributed by atoms with Crippen LogP contribution in [-0.2, 0) is 11.2 Å². The maximum atomic E-state index is 13.9. The molecule has 164 valence electrons. The smallest absolute Gasteiger partial charge is 0.220 e. The molecule has 32 heavy (non-hydrogen) atoms. The van der Waals surface area contributed by atoms with Crippen LogP contribution in [0.5, 0.6) is 0 Å². The summed E-state index contributed by atoms with van der Waals surface area (Å²) in [7, 11) is 0. The van der Waals surface area contributed by atoms with Crippen LogP contribution in [0.2, 0.25) is 0 Å². The topological polar surface area (TPSA) is 73.0 Å². The monoisotopic (exact) mass is 432 g/mol. The highest BCUT2D eigenvalue weighted by atomic mass is 19.1. The second-order valence-electron chi connectivity index (χ2n) is 7.82. The van der Waals surface area contributed by atoms with Crippen molar-refractivity contribution in [2.45, 2.75) is 39.7 Å². The predicted octanol–water partition coefficient (Wildman–Crippen LogP) is 5.09. The highest BCUT2D eigenvalue weighted by Gasteiger charge is 2.17. The average molecular weight is 432 g/mol. The minimum atomic E-state index is -0.372. The van der Waals surface area contributed by atoms with Crippen molar-refractivity contribution in [3.63, 3.8) is 0 Å². The van der Waals surface area contributed by atoms with E-state index in [4.69, 9.17) is 4.42 Å². The summed E-state index contributed by atoms with van der Waals surface area (Å²) < 4.78 is 21.4. The summed E-state index contributed by atoms with van der Waals surface area (Å²) in [6, 6.07) is 14.3. The SMILES string of the molecule is Cc1ccc(-n2ncc([C@H](C)NC(=O)CCc3ncc(-c4ccccc4F)o3)c2C)cc1. The molecular weight excluding hydrogens is 407 g/mol. The number of nitrogens with one attached hydrogen (secondary N) is 1. The van der Waals surface area contributed by atoms with Crippen molar-refractivity contribution in [3.8, 4) is 17.0 Å². The van der Waals surface area contributed by atoms with Gasteiger partial charge >= 0.3 is 0 Å². The van der Waals surface area contributed by atoms with E-state index in [9.17, 15) is 9.18 Å². The zero-order valence-electron chi connectivity index (χ0n) is 18.3. The van der Waals surface area contributed by atoms with Crippen molar-refractivity contribution in [1.29, 1.82) is 0 Å². The number of hydrogen-bond donors (Lipinski definition) is 1. The fraction of sp³-hybridized carbons (Fsp3) is 0.240. The van der Waals surface area contributed by atoms with E-state index in [1.165, 1.54) is 17.8 Å². The fourth-order valence-electron chi connectivity index (χ4n) is 3.62. The predicted molar refractivity (Wildman–Crippen MR) is 120 cm³/mol. The van der Waals surface area contributed by atoms with Gasteiger partial charge in [0, 0.05) is 24.1 Å². The second-order valence-corrected chi connectivity index (χ2v) is 7.82. The normalized spacial score (nSPS) is 12.0. The molecule has 0 aliphatic heterocycles. The van der Waals surface area contributed by atoms with Crippen LogP contribution in [0, 0.1) is 19.7 Å². The number of nitrogens with zero attached hydrogens (tertiary/aromatic N) is 3. The number of halogens is 1. The quantitative estimate of drug-likeness (QED) is 0.441. The zero-order valence-corrected chi connectivity index (χ0v) is 18.3. The molecule has 0 fully saturated rings. The molecule has 0 aliphatic rings. The van der Waals surface area contributed by atoms with Crippen molar-refractivity contribution in [1.82, 2.24) is 20.1 Å². The fourth-order valence-corrected chi connectivity index (χ4v) is 3.62. The lowest BCUT2D eigenvalue weighted by atomic mass is 10.1. The maximum Gasteiger partial charge on any atom is 0.220 e. The van der Waals surface area contributed by atoms with Gasteiger partial charge in [0.2, 0.25) is 5.91 Å². The first kappa shape index (κ1) is 21.5. The lowest BCUT2D eigenvalue weighted by Gasteiger charge is -2.14. The molecule has 2 aromatic heterocycles. The first-order chi connectivity index (χ1) is 15.4. The van der Waals surface area contributed by atoms with Gasteiger partial charge in [0.15, 0.2) is 11.7 Å². The summed E-state index contributed by atoms with van der Waals surface area (Å²) in [6.45, 7) is 5.96. The zero-order chi connectivity index (χ0) is 22.7. The Labute approximate surface area is 186 Å². The van der Waals surface area contributed by atoms with E-state index in [0.29, 0.717) is 23.6 Å². The van der Waals surface area contributed by atoms with Crippen LogP contribution in [0.3, 0.4) is 0 Å². The van der Waals surface area contributed by atoms with Crippen LogP contribution in [0.15, 0.2) is 65.3 Å². The van der Waals surface area contributed by atoms with Crippen molar-refractivity contribution >= 4 is 5.91 Å². The minimum absolute atomic E-state index is 0.120. The van der Waals surface area contributed by atoms with Gasteiger partial charge in [-0.3, -0.25) is 4.79 Å². The van der Waals surface area contributed by atoms with Gasteiger partial charge in [-0.2, -0.15) is 5.10 Å². The third kappa shape index (κ3) is 4.61. The number of hydrogen-bond acceptors (Lipinski definition) is 4. The summed E-state index contributed by atoms with van der Waals surface area (Å²) in [5.41, 5.74) is 4.45. The van der Waals surface area contributed by atoms with Gasteiger partial charge in [-0.15, -0.1) is 0 Å². The van der Waals surface area contributed by atoms with E-state index in [2.05, 4.69) is 15.4 Å². The van der Waals surface area contributed by atoms with Crippen LogP contribution >= 0.6 is 0 Å². The van der Waals surface area contributed by atoms with Crippen LogP contribution in [-0.4, -0.2) is 20.7 Å². The Morgan fingerprint density at radius 3 is 2.62 bits per heavy atom. The van der Waals surface area contributed by atoms with Gasteiger partial charge < -0.3 is 9.73 Å². The number of rotatable bonds is 7. The molecule has 0 radical (unpaired) electrons. The van der Waals surface area contributed by atoms with Gasteiger partial charge in [0.1, 0.15) is 5.82 Å². The molecule has 0 bridgehead atoms. The average Bonchev–Trinajstić information content (AvgIpc) is 3.40. The molecule has 0 saturated heterocycles. The Morgan fingerprint density at radius 1 is 1.12 bits per heavy atom. The van der Waals surface area contributed by atoms with Crippen molar-refractivity contribution in [2.24, 2.45) is 0 Å². The molecule has 0 aliphatic carbocycles. The van der Waals surface area contributed by atoms with Crippen LogP contribution in [0.4, 0.5) is 4.39 Å². The van der Waals surface area contributed by atoms with Crippen LogP contribution in [0.25, 0.3) is 17.0 Å². The molecule has 0 spiro atoms. The molecule has 7 heteroatoms. The Morgan fingerprint density at radius 2 is 1.88 bits per heavy atom. The molecule has 0 unspecified atom stereocenters. The molecular formula is C25H25FN4O2. The number of carbonyl (C=O) groups excluding carboxylic acids is 1. The number of aryl methyl sites for hydroxylation is 2. The van der Waals surface area contributed by atoms with E-state index in [0.717, 1.165) is 16.9 Å². The highest BCUT2D eigenvalue weighted by Crippen LogP contribution is 2.24. The summed E-state index contributed by atoms with van der Waals surface area (Å²) >= 11 is 0. The Balaban J connectivity index is 1.36. The standard InChI is InChI=1S/C25H25FN4O2/c1-16-8-10-19(11-9-16)30-18(3)21(14-28-30)17(2)29-24(31)12-13-25-27-15-23(32-25)20-6-4-5-7-22(20)26/h4-11,14-15,17H,12-13H2,1-3H3,(H,29,31)/t17-/m0/s1. The molecule has 1 N–H and O–H groups in total. The van der Waals surface area contributed by atoms with Crippen LogP contribution < -0.4 is 5.32 Å². The first-order valence-electron chi connectivity index (χ1n) is 10.5. The lowest BCUT2D eigenvalue weighted by Crippen LogP contribution is -2.27. The number of amides is 1. The molecule has 4 aromatic rings. The van der Waals surface area contributed by atoms with Crippen molar-refractivity contribution in [3.05, 3.63) is 89.5 Å². The molecule has 1 amide bonds. The summed E-state index contributed by atoms with van der Waals surface area (Å²) in [5, 5.41) is 7.49. The molecule has 1 atom stereocenters. The van der Waals surface area contributed by atoms with E-state index in [-0.39, 0.29) is 24.2 Å². The first-order valence-corrected chi connectivity index (χ1v) is 10.5. The largest absolute Gasteiger partial charge is 0.441 e. The Hall–Kier alpha value is -3.74. The third-order valence-electron chi connectivity index (χ3n) is 5.43. The Bertz CT molecular complexity index is 1230. The number of carbonyl (C=O) groups is 1. The van der Waals surface area contributed by atoms with Crippen molar-refractivity contribution in [2.75, 3.05) is 0 Å². The van der Waals surface area contributed by atoms with Crippen molar-refractivity contribution < 1.29 is 13.6 Å². The van der Waals surface area contributed by atoms with Gasteiger partial charge in [-0.25, -0.2) is 14.1 Å². The van der Waals surface area contributed by atoms with Gasteiger partial charge in [-0.1, -0.05) is 29.8 Å². The third-order valence-corrected chi connectivity index (χ3v) is 5.43. The number of oxazole rings is 1. The van der Waals surface area contributed by atoms with Gasteiger partial charge in [0.05, 0.1) is 29.7 Å². The minimum Gasteiger partial charge on any atom is -0.441 e. The van der Waals surface area contributed by atoms with Crippen LogP contribution in [0.1, 0.15) is 42.1 Å². The van der Waals surface area contributed by atoms with E-state index in [1.54, 1.807) is 24.4 Å². The number of aromatic nitrogens is 3. The van der Waals surface area contributed by atoms with Gasteiger partial charge in [-0.05, 0) is 45.0 Å². The molecule has 6 nitrogen and oxygen atoms in total.